The van der Waals surface area contributed by atoms with Crippen LogP contribution in [0, 0.1) is 0 Å². The summed E-state index contributed by atoms with van der Waals surface area (Å²) in [5.74, 6) is 0.305. The molecule has 10 nitrogen and oxygen atoms in total. The molecule has 1 aromatic rings. The van der Waals surface area contributed by atoms with Crippen molar-refractivity contribution in [1.29, 1.82) is 0 Å². The van der Waals surface area contributed by atoms with Crippen LogP contribution in [0.2, 0.25) is 0 Å². The summed E-state index contributed by atoms with van der Waals surface area (Å²) in [6.07, 6.45) is 2.76. The molecule has 2 aliphatic heterocycles. The molecule has 1 aromatic heterocycles. The minimum Gasteiger partial charge on any atom is -0.483 e. The van der Waals surface area contributed by atoms with Crippen LogP contribution in [-0.2, 0) is 19.4 Å². The fourth-order valence-electron chi connectivity index (χ4n) is 3.62. The molecule has 11 heteroatoms. The number of nitrogens with one attached hydrogen (secondary N) is 1. The number of sulfone groups is 1. The van der Waals surface area contributed by atoms with E-state index in [2.05, 4.69) is 15.2 Å². The second kappa shape index (κ2) is 11.8. The van der Waals surface area contributed by atoms with E-state index >= 15 is 0 Å². The van der Waals surface area contributed by atoms with Gasteiger partial charge in [-0.3, -0.25) is 14.7 Å². The maximum Gasteiger partial charge on any atom is 0.317 e. The highest BCUT2D eigenvalue weighted by Crippen LogP contribution is 2.20. The first-order chi connectivity index (χ1) is 14.4. The van der Waals surface area contributed by atoms with E-state index in [1.54, 1.807) is 18.1 Å². The van der Waals surface area contributed by atoms with Crippen LogP contribution in [0.5, 0.6) is 0 Å². The van der Waals surface area contributed by atoms with Gasteiger partial charge in [0.1, 0.15) is 9.84 Å². The van der Waals surface area contributed by atoms with E-state index in [1.807, 2.05) is 18.2 Å². The van der Waals surface area contributed by atoms with Crippen LogP contribution in [0.25, 0.3) is 0 Å². The molecule has 2 N–H and O–H groups in total. The Labute approximate surface area is 177 Å². The van der Waals surface area contributed by atoms with Crippen molar-refractivity contribution in [3.8, 4) is 0 Å². The number of aromatic nitrogens is 1. The minimum absolute atomic E-state index is 0.0146. The molecular formula is C19H30N4O6S. The maximum absolute atomic E-state index is 12.6. The fraction of sp³-hybridized carbons (Fsp3) is 0.632. The molecule has 0 saturated carbocycles. The highest BCUT2D eigenvalue weighted by atomic mass is 32.2. The number of rotatable bonds is 5. The van der Waals surface area contributed by atoms with E-state index in [0.717, 1.165) is 18.8 Å². The van der Waals surface area contributed by atoms with Crippen molar-refractivity contribution in [2.45, 2.75) is 24.9 Å². The first kappa shape index (κ1) is 24.0. The third-order valence-electron chi connectivity index (χ3n) is 5.35. The number of carboxylic acid groups (broad SMARTS) is 1. The molecule has 168 valence electrons. The lowest BCUT2D eigenvalue weighted by Gasteiger charge is -2.35. The fourth-order valence-corrected chi connectivity index (χ4v) is 5.09. The first-order valence-corrected chi connectivity index (χ1v) is 11.7. The third kappa shape index (κ3) is 7.22. The highest BCUT2D eigenvalue weighted by Gasteiger charge is 2.29. The van der Waals surface area contributed by atoms with Crippen LogP contribution in [-0.4, -0.2) is 98.3 Å². The maximum atomic E-state index is 12.6. The van der Waals surface area contributed by atoms with Crippen LogP contribution in [0.3, 0.4) is 0 Å². The summed E-state index contributed by atoms with van der Waals surface area (Å²) in [4.78, 5) is 29.4. The number of carbonyl (C=O) groups is 2. The van der Waals surface area contributed by atoms with Gasteiger partial charge in [-0.1, -0.05) is 6.07 Å². The van der Waals surface area contributed by atoms with Gasteiger partial charge >= 0.3 is 6.03 Å². The van der Waals surface area contributed by atoms with Crippen LogP contribution in [0.1, 0.15) is 24.6 Å². The molecule has 2 fully saturated rings. The summed E-state index contributed by atoms with van der Waals surface area (Å²) < 4.78 is 28.6. The van der Waals surface area contributed by atoms with Gasteiger partial charge in [-0.25, -0.2) is 13.2 Å². The SMILES string of the molecule is CN(C(=O)NCC(c1ccccn1)N1CCOCC1)C1CCS(=O)(=O)CC1.O=CO. The van der Waals surface area contributed by atoms with E-state index in [-0.39, 0.29) is 36.1 Å². The molecule has 3 rings (SSSR count). The topological polar surface area (TPSA) is 129 Å². The Morgan fingerprint density at radius 3 is 2.57 bits per heavy atom. The van der Waals surface area contributed by atoms with Crippen LogP contribution in [0.15, 0.2) is 24.4 Å². The molecule has 2 saturated heterocycles. The Bertz CT molecular complexity index is 756. The van der Waals surface area contributed by atoms with Crippen molar-refractivity contribution in [2.75, 3.05) is 51.4 Å². The van der Waals surface area contributed by atoms with Crippen molar-refractivity contribution in [3.63, 3.8) is 0 Å². The number of ether oxygens (including phenoxy) is 1. The molecule has 1 unspecified atom stereocenters. The van der Waals surface area contributed by atoms with Gasteiger partial charge in [0.2, 0.25) is 0 Å². The lowest BCUT2D eigenvalue weighted by molar-refractivity contribution is -0.122. The van der Waals surface area contributed by atoms with Gasteiger partial charge in [-0.15, -0.1) is 0 Å². The average molecular weight is 443 g/mol. The first-order valence-electron chi connectivity index (χ1n) is 9.89. The minimum atomic E-state index is -2.94. The van der Waals surface area contributed by atoms with Crippen LogP contribution >= 0.6 is 0 Å². The van der Waals surface area contributed by atoms with Gasteiger partial charge in [0.15, 0.2) is 0 Å². The van der Waals surface area contributed by atoms with Crippen molar-refractivity contribution < 1.29 is 27.9 Å². The average Bonchev–Trinajstić information content (AvgIpc) is 2.75. The van der Waals surface area contributed by atoms with E-state index in [4.69, 9.17) is 14.6 Å². The number of carbonyl (C=O) groups excluding carboxylic acids is 1. The summed E-state index contributed by atoms with van der Waals surface area (Å²) >= 11 is 0. The zero-order valence-corrected chi connectivity index (χ0v) is 18.0. The molecule has 2 amide bonds. The normalized spacial score (nSPS) is 20.3. The van der Waals surface area contributed by atoms with Gasteiger partial charge in [-0.2, -0.15) is 0 Å². The summed E-state index contributed by atoms with van der Waals surface area (Å²) in [5.41, 5.74) is 0.922. The molecule has 0 bridgehead atoms. The van der Waals surface area contributed by atoms with Gasteiger partial charge in [0.05, 0.1) is 36.5 Å². The quantitative estimate of drug-likeness (QED) is 0.626. The van der Waals surface area contributed by atoms with E-state index in [9.17, 15) is 13.2 Å². The number of morpholine rings is 1. The second-order valence-corrected chi connectivity index (χ2v) is 9.51. The molecular weight excluding hydrogens is 412 g/mol. The Balaban J connectivity index is 0.00000101. The molecule has 1 atom stereocenters. The van der Waals surface area contributed by atoms with Gasteiger partial charge in [0, 0.05) is 38.9 Å². The lowest BCUT2D eigenvalue weighted by Crippen LogP contribution is -2.49. The number of hydrogen-bond donors (Lipinski definition) is 2. The molecule has 3 heterocycles. The van der Waals surface area contributed by atoms with Crippen molar-refractivity contribution in [1.82, 2.24) is 20.1 Å². The molecule has 30 heavy (non-hydrogen) atoms. The van der Waals surface area contributed by atoms with Crippen LogP contribution in [0.4, 0.5) is 4.79 Å². The predicted molar refractivity (Wildman–Crippen MR) is 111 cm³/mol. The molecule has 0 aliphatic carbocycles. The molecule has 0 radical (unpaired) electrons. The van der Waals surface area contributed by atoms with E-state index in [0.29, 0.717) is 32.6 Å². The Kier molecular flexibility index (Phi) is 9.47. The Morgan fingerprint density at radius 1 is 1.37 bits per heavy atom. The molecule has 0 spiro atoms. The Hall–Kier alpha value is -2.24. The number of urea groups is 1. The number of hydrogen-bond acceptors (Lipinski definition) is 7. The molecule has 0 aromatic carbocycles. The van der Waals surface area contributed by atoms with Crippen molar-refractivity contribution >= 4 is 22.3 Å². The van der Waals surface area contributed by atoms with E-state index in [1.165, 1.54) is 0 Å². The van der Waals surface area contributed by atoms with E-state index < -0.39 is 9.84 Å². The van der Waals surface area contributed by atoms with Crippen LogP contribution < -0.4 is 5.32 Å². The Morgan fingerprint density at radius 2 is 2.00 bits per heavy atom. The van der Waals surface area contributed by atoms with Crippen molar-refractivity contribution in [2.24, 2.45) is 0 Å². The lowest BCUT2D eigenvalue weighted by atomic mass is 10.1. The summed E-state index contributed by atoms with van der Waals surface area (Å²) in [6, 6.07) is 5.58. The van der Waals surface area contributed by atoms with Gasteiger partial charge in [-0.05, 0) is 25.0 Å². The van der Waals surface area contributed by atoms with Gasteiger partial charge < -0.3 is 20.1 Å². The number of amides is 2. The number of nitrogens with zero attached hydrogens (tertiary/aromatic N) is 3. The van der Waals surface area contributed by atoms with Crippen molar-refractivity contribution in [3.05, 3.63) is 30.1 Å². The smallest absolute Gasteiger partial charge is 0.317 e. The summed E-state index contributed by atoms with van der Waals surface area (Å²) in [5, 5.41) is 9.90. The number of pyridine rings is 1. The molecule has 2 aliphatic rings. The largest absolute Gasteiger partial charge is 0.483 e. The third-order valence-corrected chi connectivity index (χ3v) is 7.07. The highest BCUT2D eigenvalue weighted by molar-refractivity contribution is 7.91. The standard InChI is InChI=1S/C18H28N4O4S.CH2O2/c1-21(15-5-12-27(24,25)13-6-15)18(23)20-14-17(16-4-2-3-7-19-16)22-8-10-26-11-9-22;2-1-3/h2-4,7,15,17H,5-6,8-14H2,1H3,(H,20,23);1H,(H,2,3). The summed E-state index contributed by atoms with van der Waals surface area (Å²) in [6.45, 7) is 3.15. The van der Waals surface area contributed by atoms with Gasteiger partial charge in [0.25, 0.3) is 6.47 Å². The summed E-state index contributed by atoms with van der Waals surface area (Å²) in [7, 11) is -1.20. The predicted octanol–water partition coefficient (Wildman–Crippen LogP) is 0.374. The monoisotopic (exact) mass is 442 g/mol. The second-order valence-electron chi connectivity index (χ2n) is 7.20. The zero-order chi connectivity index (χ0) is 22.0. The zero-order valence-electron chi connectivity index (χ0n) is 17.1.